The first kappa shape index (κ1) is 39.8. The molecule has 3 saturated heterocycles. The number of nitrogens with zero attached hydrogens (tertiary/aromatic N) is 8. The topological polar surface area (TPSA) is 141 Å². The fourth-order valence-electron chi connectivity index (χ4n) is 7.26. The van der Waals surface area contributed by atoms with Crippen LogP contribution < -0.4 is 26.2 Å². The maximum Gasteiger partial charge on any atom is 0.228 e. The lowest BCUT2D eigenvalue weighted by molar-refractivity contribution is -0.121. The fourth-order valence-corrected chi connectivity index (χ4v) is 8.37. The number of aromatic nitrogens is 5. The van der Waals surface area contributed by atoms with E-state index in [1.54, 1.807) is 24.4 Å². The van der Waals surface area contributed by atoms with E-state index < -0.39 is 5.82 Å². The summed E-state index contributed by atoms with van der Waals surface area (Å²) in [6.45, 7) is 17.3. The van der Waals surface area contributed by atoms with Crippen molar-refractivity contribution in [2.45, 2.75) is 58.3 Å². The SMILES string of the molecule is C=C1CCCC(=O)N1.CC(C)(C)c1nc(-c2cccc(N)c2F)c(-c2ccnc(Nc3ccc(N4CCN(CC5CCN(c6ccccn6)CC5)CC4)cn3)n2)s1. The van der Waals surface area contributed by atoms with Gasteiger partial charge in [-0.25, -0.2) is 29.3 Å². The largest absolute Gasteiger partial charge is 0.396 e. The number of nitrogens with two attached hydrogens (primary N) is 1. The molecule has 0 bridgehead atoms. The Morgan fingerprint density at radius 1 is 0.912 bits per heavy atom. The molecule has 3 aliphatic rings. The molecule has 1 aromatic carbocycles. The predicted octanol–water partition coefficient (Wildman–Crippen LogP) is 7.66. The number of hydrogen-bond donors (Lipinski definition) is 3. The van der Waals surface area contributed by atoms with Crippen molar-refractivity contribution in [3.8, 4) is 21.8 Å². The van der Waals surface area contributed by atoms with E-state index in [0.717, 1.165) is 85.1 Å². The molecule has 14 heteroatoms. The van der Waals surface area contributed by atoms with Gasteiger partial charge in [0.1, 0.15) is 11.6 Å². The molecular weight excluding hydrogens is 738 g/mol. The first-order valence-corrected chi connectivity index (χ1v) is 20.5. The number of piperidine rings is 2. The van der Waals surface area contributed by atoms with Gasteiger partial charge in [0.15, 0.2) is 5.82 Å². The second kappa shape index (κ2) is 17.8. The van der Waals surface area contributed by atoms with Gasteiger partial charge in [-0.3, -0.25) is 9.69 Å². The average molecular weight is 790 g/mol. The molecule has 0 radical (unpaired) electrons. The number of halogens is 1. The number of hydrogen-bond acceptors (Lipinski definition) is 12. The number of pyridine rings is 2. The number of carbonyl (C=O) groups is 1. The quantitative estimate of drug-likeness (QED) is 0.134. The van der Waals surface area contributed by atoms with E-state index in [1.807, 2.05) is 30.6 Å². The summed E-state index contributed by atoms with van der Waals surface area (Å²) in [7, 11) is 0. The number of nitrogens with one attached hydrogen (secondary N) is 2. The molecule has 4 N–H and O–H groups in total. The monoisotopic (exact) mass is 789 g/mol. The highest BCUT2D eigenvalue weighted by Crippen LogP contribution is 2.41. The van der Waals surface area contributed by atoms with Gasteiger partial charge in [0.2, 0.25) is 11.9 Å². The smallest absolute Gasteiger partial charge is 0.228 e. The maximum absolute atomic E-state index is 15.2. The minimum absolute atomic E-state index is 0.0868. The lowest BCUT2D eigenvalue weighted by Crippen LogP contribution is -2.49. The molecule has 3 aliphatic heterocycles. The predicted molar refractivity (Wildman–Crippen MR) is 228 cm³/mol. The summed E-state index contributed by atoms with van der Waals surface area (Å²) in [6.07, 6.45) is 10.5. The van der Waals surface area contributed by atoms with Crippen LogP contribution in [0.5, 0.6) is 0 Å². The van der Waals surface area contributed by atoms with Crippen molar-refractivity contribution >= 4 is 46.2 Å². The summed E-state index contributed by atoms with van der Waals surface area (Å²) in [5.74, 6) is 2.52. The van der Waals surface area contributed by atoms with Crippen molar-refractivity contribution in [3.05, 3.63) is 96.3 Å². The van der Waals surface area contributed by atoms with E-state index >= 15 is 4.39 Å². The van der Waals surface area contributed by atoms with E-state index in [4.69, 9.17) is 15.7 Å². The van der Waals surface area contributed by atoms with E-state index in [1.165, 1.54) is 30.7 Å². The van der Waals surface area contributed by atoms with Crippen LogP contribution in [-0.4, -0.2) is 81.5 Å². The third-order valence-electron chi connectivity index (χ3n) is 10.5. The van der Waals surface area contributed by atoms with Gasteiger partial charge in [-0.05, 0) is 74.1 Å². The summed E-state index contributed by atoms with van der Waals surface area (Å²) in [6, 6.07) is 17.0. The standard InChI is InChI=1S/C37H43FN10S.C6H9NO/c1-37(2,3)35-45-33(27-7-6-8-28(39)32(27)38)34(49-35)29-12-16-41-36(43-29)44-30-11-10-26(23-42-30)47-21-19-46(20-22-47)24-25-13-17-48(18-14-25)31-9-4-5-15-40-31;1-5-3-2-4-6(8)7-5/h4-12,15-16,23,25H,13-14,17-22,24,39H2,1-3H3,(H,41,42,43,44);1-4H2,(H,7,8). The lowest BCUT2D eigenvalue weighted by Gasteiger charge is -2.39. The average Bonchev–Trinajstić information content (AvgIpc) is 3.67. The minimum atomic E-state index is -0.481. The van der Waals surface area contributed by atoms with Crippen molar-refractivity contribution < 1.29 is 9.18 Å². The van der Waals surface area contributed by atoms with Crippen molar-refractivity contribution in [1.82, 2.24) is 35.1 Å². The number of amides is 1. The lowest BCUT2D eigenvalue weighted by atomic mass is 9.96. The number of allylic oxidation sites excluding steroid dienone is 1. The van der Waals surface area contributed by atoms with Gasteiger partial charge in [-0.15, -0.1) is 11.3 Å². The molecule has 0 spiro atoms. The third kappa shape index (κ3) is 10.1. The fraction of sp³-hybridized carbons (Fsp3) is 0.395. The summed E-state index contributed by atoms with van der Waals surface area (Å²) in [4.78, 5) is 42.0. The highest BCUT2D eigenvalue weighted by molar-refractivity contribution is 7.15. The van der Waals surface area contributed by atoms with Crippen molar-refractivity contribution in [1.29, 1.82) is 0 Å². The summed E-state index contributed by atoms with van der Waals surface area (Å²) in [5.41, 5.74) is 9.28. The Balaban J connectivity index is 0.000000554. The zero-order valence-electron chi connectivity index (χ0n) is 33.0. The van der Waals surface area contributed by atoms with Crippen LogP contribution in [-0.2, 0) is 10.2 Å². The minimum Gasteiger partial charge on any atom is -0.396 e. The number of nitrogen functional groups attached to an aromatic ring is 1. The number of carbonyl (C=O) groups excluding carboxylic acids is 1. The number of piperazine rings is 1. The summed E-state index contributed by atoms with van der Waals surface area (Å²) < 4.78 is 15.2. The zero-order chi connectivity index (χ0) is 39.9. The molecule has 0 unspecified atom stereocenters. The highest BCUT2D eigenvalue weighted by Gasteiger charge is 2.27. The zero-order valence-corrected chi connectivity index (χ0v) is 33.9. The Morgan fingerprint density at radius 2 is 1.72 bits per heavy atom. The van der Waals surface area contributed by atoms with E-state index in [9.17, 15) is 4.79 Å². The summed E-state index contributed by atoms with van der Waals surface area (Å²) >= 11 is 1.51. The molecule has 0 aliphatic carbocycles. The van der Waals surface area contributed by atoms with Crippen LogP contribution in [0.3, 0.4) is 0 Å². The van der Waals surface area contributed by atoms with Crippen LogP contribution >= 0.6 is 11.3 Å². The van der Waals surface area contributed by atoms with Crippen LogP contribution in [0.15, 0.2) is 85.5 Å². The van der Waals surface area contributed by atoms with Crippen LogP contribution in [0.1, 0.15) is 57.9 Å². The second-order valence-electron chi connectivity index (χ2n) is 15.9. The molecule has 7 heterocycles. The van der Waals surface area contributed by atoms with Gasteiger partial charge >= 0.3 is 0 Å². The molecular formula is C43H52FN11OS. The van der Waals surface area contributed by atoms with Crippen LogP contribution in [0.2, 0.25) is 0 Å². The van der Waals surface area contributed by atoms with Crippen molar-refractivity contribution in [3.63, 3.8) is 0 Å². The van der Waals surface area contributed by atoms with E-state index in [-0.39, 0.29) is 17.0 Å². The van der Waals surface area contributed by atoms with Gasteiger partial charge in [-0.2, -0.15) is 0 Å². The number of thiazole rings is 1. The Hall–Kier alpha value is -5.47. The first-order chi connectivity index (χ1) is 27.5. The Labute approximate surface area is 338 Å². The van der Waals surface area contributed by atoms with Crippen LogP contribution in [0.4, 0.5) is 33.3 Å². The van der Waals surface area contributed by atoms with Crippen LogP contribution in [0.25, 0.3) is 21.8 Å². The van der Waals surface area contributed by atoms with E-state index in [0.29, 0.717) is 35.1 Å². The molecule has 0 atom stereocenters. The van der Waals surface area contributed by atoms with Gasteiger partial charge in [0, 0.05) is 81.3 Å². The molecule has 57 heavy (non-hydrogen) atoms. The van der Waals surface area contributed by atoms with E-state index in [2.05, 4.69) is 85.8 Å². The second-order valence-corrected chi connectivity index (χ2v) is 16.9. The molecule has 12 nitrogen and oxygen atoms in total. The normalized spacial score (nSPS) is 16.8. The third-order valence-corrected chi connectivity index (χ3v) is 12.0. The first-order valence-electron chi connectivity index (χ1n) is 19.7. The van der Waals surface area contributed by atoms with Gasteiger partial charge in [-0.1, -0.05) is 39.5 Å². The van der Waals surface area contributed by atoms with Crippen molar-refractivity contribution in [2.75, 3.05) is 66.7 Å². The number of benzene rings is 1. The van der Waals surface area contributed by atoms with Crippen LogP contribution in [0, 0.1) is 11.7 Å². The molecule has 3 fully saturated rings. The van der Waals surface area contributed by atoms with Gasteiger partial charge in [0.05, 0.1) is 38.8 Å². The van der Waals surface area contributed by atoms with Crippen molar-refractivity contribution in [2.24, 2.45) is 5.92 Å². The maximum atomic E-state index is 15.2. The Kier molecular flexibility index (Phi) is 12.4. The molecule has 5 aromatic rings. The Bertz CT molecular complexity index is 2120. The van der Waals surface area contributed by atoms with Gasteiger partial charge < -0.3 is 26.2 Å². The molecule has 4 aromatic heterocycles. The number of rotatable bonds is 8. The number of anilines is 5. The Morgan fingerprint density at radius 3 is 2.39 bits per heavy atom. The highest BCUT2D eigenvalue weighted by atomic mass is 32.1. The molecule has 8 rings (SSSR count). The summed E-state index contributed by atoms with van der Waals surface area (Å²) in [5, 5.41) is 6.78. The molecule has 1 amide bonds. The molecule has 298 valence electrons. The van der Waals surface area contributed by atoms with Gasteiger partial charge in [0.25, 0.3) is 0 Å². The molecule has 0 saturated carbocycles.